The molecule has 1 amide bonds. The Kier molecular flexibility index (Phi) is 6.58. The molecule has 0 bridgehead atoms. The van der Waals surface area contributed by atoms with Crippen molar-refractivity contribution in [2.45, 2.75) is 37.3 Å². The number of rotatable bonds is 8. The number of sulfonamides is 1. The third kappa shape index (κ3) is 4.11. The highest BCUT2D eigenvalue weighted by Crippen LogP contribution is 2.35. The minimum atomic E-state index is -4.02. The van der Waals surface area contributed by atoms with Crippen LogP contribution in [-0.2, 0) is 29.1 Å². The normalized spacial score (nSPS) is 19.8. The summed E-state index contributed by atoms with van der Waals surface area (Å²) in [6, 6.07) is 14.4. The SMILES string of the molecule is CCC1C(=O)N(S(=O)(=O)c2ccc(C)cc2)[C@@H]1COC(=O)[C@H](OC)c1ccccc1. The fraction of sp³-hybridized carbons (Fsp3) is 0.364. The third-order valence-electron chi connectivity index (χ3n) is 5.27. The zero-order valence-corrected chi connectivity index (χ0v) is 18.0. The molecule has 0 N–H and O–H groups in total. The standard InChI is InChI=1S/C22H25NO6S/c1-4-18-19(14-29-22(25)20(28-3)16-8-6-5-7-9-16)23(21(18)24)30(26,27)17-12-10-15(2)11-13-17/h5-13,18-20H,4,14H2,1-3H3/t18?,19-,20-/m1/s1. The van der Waals surface area contributed by atoms with Gasteiger partial charge in [-0.05, 0) is 31.0 Å². The van der Waals surface area contributed by atoms with Crippen molar-refractivity contribution in [2.24, 2.45) is 5.92 Å². The summed E-state index contributed by atoms with van der Waals surface area (Å²) in [5.41, 5.74) is 1.54. The molecule has 30 heavy (non-hydrogen) atoms. The summed E-state index contributed by atoms with van der Waals surface area (Å²) in [7, 11) is -2.63. The van der Waals surface area contributed by atoms with E-state index in [2.05, 4.69) is 0 Å². The van der Waals surface area contributed by atoms with E-state index in [-0.39, 0.29) is 11.5 Å². The maximum absolute atomic E-state index is 13.0. The number of benzene rings is 2. The lowest BCUT2D eigenvalue weighted by Crippen LogP contribution is -2.64. The Morgan fingerprint density at radius 1 is 1.10 bits per heavy atom. The van der Waals surface area contributed by atoms with Crippen LogP contribution in [0.2, 0.25) is 0 Å². The predicted molar refractivity (Wildman–Crippen MR) is 110 cm³/mol. The van der Waals surface area contributed by atoms with Crippen LogP contribution in [0.4, 0.5) is 0 Å². The van der Waals surface area contributed by atoms with E-state index < -0.39 is 40.0 Å². The summed E-state index contributed by atoms with van der Waals surface area (Å²) in [5, 5.41) is 0. The Balaban J connectivity index is 1.77. The molecule has 0 spiro atoms. The van der Waals surface area contributed by atoms with Gasteiger partial charge in [0, 0.05) is 7.11 Å². The summed E-state index contributed by atoms with van der Waals surface area (Å²) >= 11 is 0. The molecule has 0 radical (unpaired) electrons. The number of carbonyl (C=O) groups excluding carboxylic acids is 2. The average molecular weight is 432 g/mol. The molecule has 1 saturated heterocycles. The van der Waals surface area contributed by atoms with E-state index in [4.69, 9.17) is 9.47 Å². The van der Waals surface area contributed by atoms with Gasteiger partial charge < -0.3 is 9.47 Å². The molecule has 0 aromatic heterocycles. The second-order valence-electron chi connectivity index (χ2n) is 7.19. The fourth-order valence-electron chi connectivity index (χ4n) is 3.56. The zero-order chi connectivity index (χ0) is 21.9. The maximum Gasteiger partial charge on any atom is 0.339 e. The van der Waals surface area contributed by atoms with E-state index in [0.717, 1.165) is 9.87 Å². The van der Waals surface area contributed by atoms with Crippen LogP contribution in [0.3, 0.4) is 0 Å². The van der Waals surface area contributed by atoms with Gasteiger partial charge >= 0.3 is 5.97 Å². The van der Waals surface area contributed by atoms with Crippen LogP contribution in [0.1, 0.15) is 30.6 Å². The number of methoxy groups -OCH3 is 1. The number of nitrogens with zero attached hydrogens (tertiary/aromatic N) is 1. The molecule has 1 unspecified atom stereocenters. The molecule has 1 aliphatic rings. The summed E-state index contributed by atoms with van der Waals surface area (Å²) in [4.78, 5) is 25.1. The van der Waals surface area contributed by atoms with Crippen molar-refractivity contribution in [1.29, 1.82) is 0 Å². The lowest BCUT2D eigenvalue weighted by atomic mass is 9.88. The van der Waals surface area contributed by atoms with Gasteiger partial charge in [-0.1, -0.05) is 55.0 Å². The first-order valence-corrected chi connectivity index (χ1v) is 11.1. The van der Waals surface area contributed by atoms with Crippen LogP contribution >= 0.6 is 0 Å². The van der Waals surface area contributed by atoms with Crippen LogP contribution in [0.15, 0.2) is 59.5 Å². The van der Waals surface area contributed by atoms with Crippen LogP contribution < -0.4 is 0 Å². The van der Waals surface area contributed by atoms with E-state index >= 15 is 0 Å². The molecule has 1 aliphatic heterocycles. The van der Waals surface area contributed by atoms with Crippen LogP contribution in [0.25, 0.3) is 0 Å². The zero-order valence-electron chi connectivity index (χ0n) is 17.1. The van der Waals surface area contributed by atoms with Gasteiger partial charge in [0.15, 0.2) is 6.10 Å². The molecule has 160 valence electrons. The highest BCUT2D eigenvalue weighted by Gasteiger charge is 2.53. The fourth-order valence-corrected chi connectivity index (χ4v) is 5.21. The Hall–Kier alpha value is -2.71. The molecule has 1 heterocycles. The highest BCUT2D eigenvalue weighted by molar-refractivity contribution is 7.89. The third-order valence-corrected chi connectivity index (χ3v) is 7.10. The second-order valence-corrected chi connectivity index (χ2v) is 9.01. The summed E-state index contributed by atoms with van der Waals surface area (Å²) in [5.74, 6) is -1.63. The van der Waals surface area contributed by atoms with Gasteiger partial charge in [0.1, 0.15) is 6.61 Å². The van der Waals surface area contributed by atoms with Crippen molar-refractivity contribution >= 4 is 21.9 Å². The van der Waals surface area contributed by atoms with Crippen LogP contribution in [0.5, 0.6) is 0 Å². The van der Waals surface area contributed by atoms with E-state index in [9.17, 15) is 18.0 Å². The van der Waals surface area contributed by atoms with Crippen LogP contribution in [-0.4, -0.2) is 44.4 Å². The minimum absolute atomic E-state index is 0.0337. The van der Waals surface area contributed by atoms with E-state index in [0.29, 0.717) is 12.0 Å². The second kappa shape index (κ2) is 8.97. The summed E-state index contributed by atoms with van der Waals surface area (Å²) in [6.45, 7) is 3.43. The lowest BCUT2D eigenvalue weighted by molar-refractivity contribution is -0.165. The molecule has 3 atom stereocenters. The molecular weight excluding hydrogens is 406 g/mol. The van der Waals surface area contributed by atoms with E-state index in [1.807, 2.05) is 13.0 Å². The summed E-state index contributed by atoms with van der Waals surface area (Å²) < 4.78 is 37.5. The number of aryl methyl sites for hydroxylation is 1. The summed E-state index contributed by atoms with van der Waals surface area (Å²) in [6.07, 6.45) is -0.475. The van der Waals surface area contributed by atoms with Crippen molar-refractivity contribution in [2.75, 3.05) is 13.7 Å². The molecule has 8 heteroatoms. The molecule has 0 aliphatic carbocycles. The van der Waals surface area contributed by atoms with Gasteiger partial charge in [0.25, 0.3) is 10.0 Å². The van der Waals surface area contributed by atoms with Crippen molar-refractivity contribution in [3.8, 4) is 0 Å². The smallest absolute Gasteiger partial charge is 0.339 e. The Labute approximate surface area is 176 Å². The van der Waals surface area contributed by atoms with Gasteiger partial charge in [-0.25, -0.2) is 17.5 Å². The van der Waals surface area contributed by atoms with Gasteiger partial charge in [-0.3, -0.25) is 4.79 Å². The van der Waals surface area contributed by atoms with Gasteiger partial charge in [-0.2, -0.15) is 0 Å². The van der Waals surface area contributed by atoms with Crippen molar-refractivity contribution in [3.05, 3.63) is 65.7 Å². The van der Waals surface area contributed by atoms with Gasteiger partial charge in [0.05, 0.1) is 16.9 Å². The molecule has 0 saturated carbocycles. The Morgan fingerprint density at radius 3 is 2.30 bits per heavy atom. The quantitative estimate of drug-likeness (QED) is 0.472. The number of ether oxygens (including phenoxy) is 2. The molecule has 2 aromatic carbocycles. The van der Waals surface area contributed by atoms with Crippen molar-refractivity contribution in [3.63, 3.8) is 0 Å². The van der Waals surface area contributed by atoms with E-state index in [1.54, 1.807) is 43.3 Å². The average Bonchev–Trinajstić information content (AvgIpc) is 2.72. The number of hydrogen-bond donors (Lipinski definition) is 0. The first kappa shape index (κ1) is 22.0. The first-order valence-electron chi connectivity index (χ1n) is 9.70. The largest absolute Gasteiger partial charge is 0.461 e. The van der Waals surface area contributed by atoms with Crippen molar-refractivity contribution < 1.29 is 27.5 Å². The Morgan fingerprint density at radius 2 is 1.73 bits per heavy atom. The molecule has 7 nitrogen and oxygen atoms in total. The molecule has 1 fully saturated rings. The maximum atomic E-state index is 13.0. The minimum Gasteiger partial charge on any atom is -0.461 e. The number of hydrogen-bond acceptors (Lipinski definition) is 6. The van der Waals surface area contributed by atoms with E-state index in [1.165, 1.54) is 19.2 Å². The van der Waals surface area contributed by atoms with Crippen molar-refractivity contribution in [1.82, 2.24) is 4.31 Å². The topological polar surface area (TPSA) is 90.0 Å². The number of esters is 1. The van der Waals surface area contributed by atoms with Crippen LogP contribution in [0, 0.1) is 12.8 Å². The Bertz CT molecular complexity index is 1000. The number of carbonyl (C=O) groups is 2. The molecular formula is C22H25NO6S. The number of β-lactam (4-membered cyclic amide) rings is 1. The van der Waals surface area contributed by atoms with Gasteiger partial charge in [0.2, 0.25) is 5.91 Å². The molecule has 2 aromatic rings. The monoisotopic (exact) mass is 431 g/mol. The van der Waals surface area contributed by atoms with Gasteiger partial charge in [-0.15, -0.1) is 0 Å². The lowest BCUT2D eigenvalue weighted by Gasteiger charge is -2.45. The number of amides is 1. The molecule has 3 rings (SSSR count). The predicted octanol–water partition coefficient (Wildman–Crippen LogP) is 2.85. The highest BCUT2D eigenvalue weighted by atomic mass is 32.2. The first-order chi connectivity index (χ1) is 14.3.